The van der Waals surface area contributed by atoms with Gasteiger partial charge in [-0.1, -0.05) is 0 Å². The normalized spacial score (nSPS) is 11.5. The van der Waals surface area contributed by atoms with Crippen molar-refractivity contribution in [3.05, 3.63) is 78.4 Å². The van der Waals surface area contributed by atoms with Crippen LogP contribution in [-0.2, 0) is 20.0 Å². The lowest BCUT2D eigenvalue weighted by atomic mass is 10.2. The Kier molecular flexibility index (Phi) is 8.03. The highest BCUT2D eigenvalue weighted by Crippen LogP contribution is 2.22. The van der Waals surface area contributed by atoms with Crippen LogP contribution in [0.5, 0.6) is 5.75 Å². The summed E-state index contributed by atoms with van der Waals surface area (Å²) in [6.07, 6.45) is 1.12. The van der Waals surface area contributed by atoms with Crippen molar-refractivity contribution < 1.29 is 26.4 Å². The Bertz CT molecular complexity index is 1370. The van der Waals surface area contributed by atoms with Gasteiger partial charge in [-0.25, -0.2) is 16.8 Å². The fraction of sp³-hybridized carbons (Fsp3) is 0.208. The highest BCUT2D eigenvalue weighted by Gasteiger charge is 2.17. The van der Waals surface area contributed by atoms with E-state index in [4.69, 9.17) is 4.74 Å². The molecule has 0 aliphatic carbocycles. The molecule has 0 spiro atoms. The van der Waals surface area contributed by atoms with Crippen molar-refractivity contribution >= 4 is 43.0 Å². The standard InChI is InChI=1S/C24H27N3O6S2/c1-4-27(34(3,29)30)21-12-6-18(7-13-21)24(28)25-19-10-16-23(17-11-19)35(31,32)26-20-8-14-22(15-9-20)33-5-2/h6-17,26H,4-5H2,1-3H3,(H,25,28). The number of benzene rings is 3. The summed E-state index contributed by atoms with van der Waals surface area (Å²) in [6, 6.07) is 18.5. The molecule has 0 atom stereocenters. The van der Waals surface area contributed by atoms with Gasteiger partial charge in [-0.3, -0.25) is 13.8 Å². The van der Waals surface area contributed by atoms with Crippen LogP contribution in [0.25, 0.3) is 0 Å². The van der Waals surface area contributed by atoms with Gasteiger partial charge in [0.2, 0.25) is 10.0 Å². The average Bonchev–Trinajstić information content (AvgIpc) is 2.81. The number of carbonyl (C=O) groups is 1. The molecule has 0 aromatic heterocycles. The molecule has 0 radical (unpaired) electrons. The molecule has 11 heteroatoms. The van der Waals surface area contributed by atoms with E-state index >= 15 is 0 Å². The van der Waals surface area contributed by atoms with Gasteiger partial charge in [-0.05, 0) is 86.6 Å². The molecule has 2 N–H and O–H groups in total. The number of nitrogens with one attached hydrogen (secondary N) is 2. The Balaban J connectivity index is 1.67. The molecular weight excluding hydrogens is 490 g/mol. The maximum Gasteiger partial charge on any atom is 0.261 e. The van der Waals surface area contributed by atoms with E-state index in [-0.39, 0.29) is 11.4 Å². The minimum atomic E-state index is -3.82. The van der Waals surface area contributed by atoms with E-state index in [9.17, 15) is 21.6 Å². The van der Waals surface area contributed by atoms with Crippen LogP contribution in [0, 0.1) is 0 Å². The molecule has 3 aromatic carbocycles. The van der Waals surface area contributed by atoms with Crippen LogP contribution in [0.15, 0.2) is 77.7 Å². The molecule has 1 amide bonds. The first-order valence-electron chi connectivity index (χ1n) is 10.8. The van der Waals surface area contributed by atoms with Gasteiger partial charge >= 0.3 is 0 Å². The van der Waals surface area contributed by atoms with Crippen molar-refractivity contribution in [2.75, 3.05) is 33.8 Å². The predicted octanol–water partition coefficient (Wildman–Crippen LogP) is 3.92. The molecule has 9 nitrogen and oxygen atoms in total. The lowest BCUT2D eigenvalue weighted by Crippen LogP contribution is -2.29. The molecule has 0 saturated carbocycles. The third-order valence-corrected chi connectivity index (χ3v) is 7.61. The maximum atomic E-state index is 12.7. The number of carbonyl (C=O) groups excluding carboxylic acids is 1. The molecule has 3 aromatic rings. The van der Waals surface area contributed by atoms with Gasteiger partial charge in [0, 0.05) is 23.5 Å². The van der Waals surface area contributed by atoms with E-state index in [1.807, 2.05) is 6.92 Å². The third kappa shape index (κ3) is 6.74. The smallest absolute Gasteiger partial charge is 0.261 e. The van der Waals surface area contributed by atoms with Gasteiger partial charge in [-0.15, -0.1) is 0 Å². The van der Waals surface area contributed by atoms with Crippen molar-refractivity contribution in [2.45, 2.75) is 18.7 Å². The fourth-order valence-electron chi connectivity index (χ4n) is 3.31. The average molecular weight is 518 g/mol. The second-order valence-corrected chi connectivity index (χ2v) is 11.1. The second-order valence-electron chi connectivity index (χ2n) is 7.52. The number of amides is 1. The summed E-state index contributed by atoms with van der Waals surface area (Å²) in [5.41, 5.74) is 1.59. The number of hydrogen-bond acceptors (Lipinski definition) is 6. The van der Waals surface area contributed by atoms with E-state index in [0.29, 0.717) is 35.0 Å². The van der Waals surface area contributed by atoms with Gasteiger partial charge in [0.15, 0.2) is 0 Å². The number of rotatable bonds is 10. The van der Waals surface area contributed by atoms with Crippen LogP contribution in [0.2, 0.25) is 0 Å². The molecule has 35 heavy (non-hydrogen) atoms. The Morgan fingerprint density at radius 1 is 0.829 bits per heavy atom. The van der Waals surface area contributed by atoms with E-state index < -0.39 is 26.0 Å². The second kappa shape index (κ2) is 10.8. The van der Waals surface area contributed by atoms with Gasteiger partial charge in [0.1, 0.15) is 5.75 Å². The predicted molar refractivity (Wildman–Crippen MR) is 137 cm³/mol. The fourth-order valence-corrected chi connectivity index (χ4v) is 5.34. The van der Waals surface area contributed by atoms with Crippen LogP contribution in [0.3, 0.4) is 0 Å². The monoisotopic (exact) mass is 517 g/mol. The van der Waals surface area contributed by atoms with Gasteiger partial charge < -0.3 is 10.1 Å². The van der Waals surface area contributed by atoms with E-state index in [0.717, 1.165) is 6.26 Å². The zero-order valence-electron chi connectivity index (χ0n) is 19.6. The number of sulfonamides is 2. The number of anilines is 3. The van der Waals surface area contributed by atoms with Gasteiger partial charge in [0.25, 0.3) is 15.9 Å². The number of nitrogens with zero attached hydrogens (tertiary/aromatic N) is 1. The lowest BCUT2D eigenvalue weighted by Gasteiger charge is -2.20. The summed E-state index contributed by atoms with van der Waals surface area (Å²) >= 11 is 0. The van der Waals surface area contributed by atoms with Crippen molar-refractivity contribution in [1.82, 2.24) is 0 Å². The first-order valence-corrected chi connectivity index (χ1v) is 14.1. The molecule has 0 heterocycles. The highest BCUT2D eigenvalue weighted by molar-refractivity contribution is 7.92. The quantitative estimate of drug-likeness (QED) is 0.420. The van der Waals surface area contributed by atoms with E-state index in [1.54, 1.807) is 43.3 Å². The summed E-state index contributed by atoms with van der Waals surface area (Å²) in [7, 11) is -7.24. The summed E-state index contributed by atoms with van der Waals surface area (Å²) in [6.45, 7) is 4.37. The van der Waals surface area contributed by atoms with Crippen LogP contribution in [0.4, 0.5) is 17.1 Å². The van der Waals surface area contributed by atoms with Crippen LogP contribution < -0.4 is 19.1 Å². The lowest BCUT2D eigenvalue weighted by molar-refractivity contribution is 0.102. The molecule has 0 unspecified atom stereocenters. The first kappa shape index (κ1) is 26.0. The van der Waals surface area contributed by atoms with Crippen LogP contribution in [-0.4, -0.2) is 42.2 Å². The van der Waals surface area contributed by atoms with Gasteiger partial charge in [0.05, 0.1) is 23.4 Å². The Hall–Kier alpha value is -3.57. The van der Waals surface area contributed by atoms with Crippen molar-refractivity contribution in [1.29, 1.82) is 0 Å². The number of hydrogen-bond donors (Lipinski definition) is 2. The molecule has 186 valence electrons. The topological polar surface area (TPSA) is 122 Å². The SMILES string of the molecule is CCOc1ccc(NS(=O)(=O)c2ccc(NC(=O)c3ccc(N(CC)S(C)(=O)=O)cc3)cc2)cc1. The Morgan fingerprint density at radius 3 is 1.91 bits per heavy atom. The van der Waals surface area contributed by atoms with Crippen LogP contribution in [0.1, 0.15) is 24.2 Å². The molecule has 0 saturated heterocycles. The summed E-state index contributed by atoms with van der Waals surface area (Å²) in [5.74, 6) is 0.227. The summed E-state index contributed by atoms with van der Waals surface area (Å²) in [4.78, 5) is 12.6. The largest absolute Gasteiger partial charge is 0.494 e. The number of ether oxygens (including phenoxy) is 1. The van der Waals surface area contributed by atoms with Crippen LogP contribution >= 0.6 is 0 Å². The van der Waals surface area contributed by atoms with Crippen molar-refractivity contribution in [2.24, 2.45) is 0 Å². The Labute approximate surface area is 205 Å². The summed E-state index contributed by atoms with van der Waals surface area (Å²) in [5, 5.41) is 2.70. The van der Waals surface area contributed by atoms with E-state index in [1.165, 1.54) is 40.7 Å². The van der Waals surface area contributed by atoms with Crippen molar-refractivity contribution in [3.63, 3.8) is 0 Å². The molecule has 0 bridgehead atoms. The summed E-state index contributed by atoms with van der Waals surface area (Å²) < 4.78 is 58.1. The van der Waals surface area contributed by atoms with Gasteiger partial charge in [-0.2, -0.15) is 0 Å². The minimum absolute atomic E-state index is 0.0363. The zero-order chi connectivity index (χ0) is 25.6. The van der Waals surface area contributed by atoms with Crippen molar-refractivity contribution in [3.8, 4) is 5.75 Å². The molecular formula is C24H27N3O6S2. The highest BCUT2D eigenvalue weighted by atomic mass is 32.2. The maximum absolute atomic E-state index is 12.7. The molecule has 0 fully saturated rings. The first-order chi connectivity index (χ1) is 16.5. The molecule has 0 aliphatic rings. The third-order valence-electron chi connectivity index (χ3n) is 4.95. The van der Waals surface area contributed by atoms with E-state index in [2.05, 4.69) is 10.0 Å². The molecule has 0 aliphatic heterocycles. The molecule has 3 rings (SSSR count). The zero-order valence-corrected chi connectivity index (χ0v) is 21.2. The minimum Gasteiger partial charge on any atom is -0.494 e. The Morgan fingerprint density at radius 2 is 1.40 bits per heavy atom.